The smallest absolute Gasteiger partial charge is 0.422 e. The lowest BCUT2D eigenvalue weighted by Crippen LogP contribution is -2.45. The highest BCUT2D eigenvalue weighted by atomic mass is 35.5. The summed E-state index contributed by atoms with van der Waals surface area (Å²) in [6, 6.07) is 12.7. The third-order valence-corrected chi connectivity index (χ3v) is 7.45. The highest BCUT2D eigenvalue weighted by Crippen LogP contribution is 2.48. The Labute approximate surface area is 282 Å². The molecule has 0 spiro atoms. The molecule has 0 radical (unpaired) electrons. The van der Waals surface area contributed by atoms with Crippen LogP contribution in [0, 0.1) is 5.41 Å². The summed E-state index contributed by atoms with van der Waals surface area (Å²) in [5, 5.41) is 14.2. The fourth-order valence-corrected chi connectivity index (χ4v) is 4.56. The fraction of sp³-hybridized carbons (Fsp3) is 0.323. The van der Waals surface area contributed by atoms with Gasteiger partial charge in [0.2, 0.25) is 11.9 Å². The molecule has 0 unspecified atom stereocenters. The Bertz CT molecular complexity index is 1780. The maximum absolute atomic E-state index is 12.9. The minimum atomic E-state index is -4.61. The average molecular weight is 702 g/mol. The first-order chi connectivity index (χ1) is 23.2. The van der Waals surface area contributed by atoms with Gasteiger partial charge in [0.1, 0.15) is 6.26 Å². The van der Waals surface area contributed by atoms with Gasteiger partial charge in [-0.25, -0.2) is 4.98 Å². The predicted molar refractivity (Wildman–Crippen MR) is 171 cm³/mol. The molecular formula is C31H31ClF3N9O5. The van der Waals surface area contributed by atoms with Crippen molar-refractivity contribution < 1.29 is 36.7 Å². The van der Waals surface area contributed by atoms with Gasteiger partial charge >= 0.3 is 30.0 Å². The number of aromatic nitrogens is 4. The molecule has 0 aliphatic heterocycles. The van der Waals surface area contributed by atoms with Crippen LogP contribution in [0.5, 0.6) is 6.01 Å². The van der Waals surface area contributed by atoms with Crippen LogP contribution in [0.25, 0.3) is 0 Å². The lowest BCUT2D eigenvalue weighted by atomic mass is 9.93. The highest BCUT2D eigenvalue weighted by molar-refractivity contribution is 6.39. The molecule has 2 aromatic heterocycles. The van der Waals surface area contributed by atoms with Crippen LogP contribution in [-0.2, 0) is 15.1 Å². The van der Waals surface area contributed by atoms with Crippen molar-refractivity contribution >= 4 is 52.9 Å². The molecule has 5 N–H and O–H groups in total. The lowest BCUT2D eigenvalue weighted by Gasteiger charge is -2.25. The van der Waals surface area contributed by atoms with E-state index in [0.29, 0.717) is 16.3 Å². The van der Waals surface area contributed by atoms with Crippen molar-refractivity contribution in [3.8, 4) is 6.01 Å². The van der Waals surface area contributed by atoms with Gasteiger partial charge in [-0.1, -0.05) is 37.6 Å². The van der Waals surface area contributed by atoms with E-state index in [1.54, 1.807) is 38.1 Å². The van der Waals surface area contributed by atoms with E-state index in [4.69, 9.17) is 20.8 Å². The van der Waals surface area contributed by atoms with Gasteiger partial charge in [-0.15, -0.1) is 0 Å². The Balaban J connectivity index is 1.19. The third kappa shape index (κ3) is 10.0. The van der Waals surface area contributed by atoms with Crippen molar-refractivity contribution in [2.45, 2.75) is 38.4 Å². The van der Waals surface area contributed by atoms with Crippen LogP contribution < -0.4 is 31.3 Å². The van der Waals surface area contributed by atoms with Crippen LogP contribution in [0.15, 0.2) is 65.4 Å². The van der Waals surface area contributed by atoms with Gasteiger partial charge in [0.05, 0.1) is 11.7 Å². The minimum Gasteiger partial charge on any atom is -0.454 e. The standard InChI is InChI=1S/C31H31ClF3N9O5/c1-29(2,16-38-23(46)24(47)40-27-36-13-14-48-27)15-37-22(45)18-3-9-21(10-4-18)39-25-41-26(43-28(42-25)49-17-31(33,34)35)44-30(11-12-30)19-5-7-20(32)8-6-19/h3-10,13-14H,11-12,15-17H2,1-2H3,(H,37,45)(H,38,46)(H,36,40,47)(H2,39,41,42,43,44). The molecule has 0 atom stereocenters. The number of alkyl halides is 3. The third-order valence-electron chi connectivity index (χ3n) is 7.19. The second kappa shape index (κ2) is 14.3. The highest BCUT2D eigenvalue weighted by Gasteiger charge is 2.45. The maximum Gasteiger partial charge on any atom is 0.422 e. The summed E-state index contributed by atoms with van der Waals surface area (Å²) >= 11 is 6.02. The van der Waals surface area contributed by atoms with Crippen molar-refractivity contribution in [2.24, 2.45) is 5.41 Å². The maximum atomic E-state index is 12.9. The van der Waals surface area contributed by atoms with Crippen LogP contribution in [0.4, 0.5) is 36.8 Å². The van der Waals surface area contributed by atoms with E-state index in [0.717, 1.165) is 18.4 Å². The number of hydrogen-bond donors (Lipinski definition) is 5. The second-order valence-corrected chi connectivity index (χ2v) is 12.3. The number of nitrogens with zero attached hydrogens (tertiary/aromatic N) is 4. The van der Waals surface area contributed by atoms with Gasteiger partial charge in [0.25, 0.3) is 5.91 Å². The molecule has 1 fully saturated rings. The molecule has 2 aromatic carbocycles. The van der Waals surface area contributed by atoms with Crippen LogP contribution in [0.3, 0.4) is 0 Å². The van der Waals surface area contributed by atoms with Crippen molar-refractivity contribution in [1.82, 2.24) is 30.6 Å². The van der Waals surface area contributed by atoms with Crippen LogP contribution in [0.2, 0.25) is 5.02 Å². The zero-order valence-electron chi connectivity index (χ0n) is 26.2. The average Bonchev–Trinajstić information content (AvgIpc) is 3.64. The second-order valence-electron chi connectivity index (χ2n) is 11.9. The molecule has 18 heteroatoms. The molecular weight excluding hydrogens is 671 g/mol. The Morgan fingerprint density at radius 2 is 1.59 bits per heavy atom. The zero-order chi connectivity index (χ0) is 35.2. The van der Waals surface area contributed by atoms with E-state index in [9.17, 15) is 27.6 Å². The van der Waals surface area contributed by atoms with Crippen molar-refractivity contribution in [1.29, 1.82) is 0 Å². The Morgan fingerprint density at radius 3 is 2.22 bits per heavy atom. The molecule has 3 amide bonds. The summed E-state index contributed by atoms with van der Waals surface area (Å²) in [5.74, 6) is -2.33. The molecule has 5 rings (SSSR count). The summed E-state index contributed by atoms with van der Waals surface area (Å²) in [7, 11) is 0. The molecule has 1 aliphatic carbocycles. The molecule has 0 saturated heterocycles. The normalized spacial score (nSPS) is 13.6. The van der Waals surface area contributed by atoms with Crippen molar-refractivity contribution in [2.75, 3.05) is 35.6 Å². The lowest BCUT2D eigenvalue weighted by molar-refractivity contribution is -0.154. The zero-order valence-corrected chi connectivity index (χ0v) is 26.9. The van der Waals surface area contributed by atoms with E-state index < -0.39 is 47.5 Å². The number of oxazole rings is 1. The number of hydrogen-bond acceptors (Lipinski definition) is 11. The van der Waals surface area contributed by atoms with Gasteiger partial charge in [-0.05, 0) is 60.2 Å². The SMILES string of the molecule is CC(C)(CNC(=O)C(=O)Nc1ncco1)CNC(=O)c1ccc(Nc2nc(NC3(c4ccc(Cl)cc4)CC3)nc(OCC(F)(F)F)n2)cc1. The Hall–Kier alpha value is -5.45. The van der Waals surface area contributed by atoms with Gasteiger partial charge in [0, 0.05) is 29.4 Å². The molecule has 2 heterocycles. The van der Waals surface area contributed by atoms with E-state index in [1.807, 2.05) is 12.1 Å². The molecule has 0 bridgehead atoms. The fourth-order valence-electron chi connectivity index (χ4n) is 4.43. The van der Waals surface area contributed by atoms with E-state index in [1.165, 1.54) is 24.6 Å². The summed E-state index contributed by atoms with van der Waals surface area (Å²) in [6.45, 7) is 2.22. The summed E-state index contributed by atoms with van der Waals surface area (Å²) in [5.41, 5.74) is 0.505. The number of halogens is 4. The van der Waals surface area contributed by atoms with E-state index >= 15 is 0 Å². The van der Waals surface area contributed by atoms with Crippen molar-refractivity contribution in [3.05, 3.63) is 77.1 Å². The quantitative estimate of drug-likeness (QED) is 0.121. The summed E-state index contributed by atoms with van der Waals surface area (Å²) in [4.78, 5) is 53.0. The number of anilines is 4. The van der Waals surface area contributed by atoms with Gasteiger partial charge in [-0.2, -0.15) is 28.1 Å². The van der Waals surface area contributed by atoms with E-state index in [2.05, 4.69) is 46.5 Å². The van der Waals surface area contributed by atoms with Gasteiger partial charge in [-0.3, -0.25) is 19.7 Å². The first-order valence-corrected chi connectivity index (χ1v) is 15.2. The molecule has 14 nitrogen and oxygen atoms in total. The molecule has 1 aliphatic rings. The summed E-state index contributed by atoms with van der Waals surface area (Å²) in [6.07, 6.45) is -0.575. The number of nitrogens with one attached hydrogen (secondary N) is 5. The number of amides is 3. The number of ether oxygens (including phenoxy) is 1. The van der Waals surface area contributed by atoms with Crippen molar-refractivity contribution in [3.63, 3.8) is 0 Å². The number of rotatable bonds is 13. The van der Waals surface area contributed by atoms with E-state index in [-0.39, 0.29) is 31.0 Å². The molecule has 49 heavy (non-hydrogen) atoms. The largest absolute Gasteiger partial charge is 0.454 e. The van der Waals surface area contributed by atoms with Crippen LogP contribution in [0.1, 0.15) is 42.6 Å². The predicted octanol–water partition coefficient (Wildman–Crippen LogP) is 4.81. The Kier molecular flexibility index (Phi) is 10.2. The first-order valence-electron chi connectivity index (χ1n) is 14.8. The molecule has 1 saturated carbocycles. The minimum absolute atomic E-state index is 0.00656. The monoisotopic (exact) mass is 701 g/mol. The Morgan fingerprint density at radius 1 is 0.918 bits per heavy atom. The number of benzene rings is 2. The molecule has 258 valence electrons. The van der Waals surface area contributed by atoms with Gasteiger partial charge in [0.15, 0.2) is 6.61 Å². The summed E-state index contributed by atoms with van der Waals surface area (Å²) < 4.78 is 48.4. The first kappa shape index (κ1) is 34.9. The van der Waals surface area contributed by atoms with Crippen LogP contribution in [-0.4, -0.2) is 63.5 Å². The van der Waals surface area contributed by atoms with Crippen LogP contribution >= 0.6 is 11.6 Å². The number of carbonyl (C=O) groups excluding carboxylic acids is 3. The molecule has 4 aromatic rings. The van der Waals surface area contributed by atoms with Gasteiger partial charge < -0.3 is 30.4 Å². The topological polar surface area (TPSA) is 185 Å². The number of carbonyl (C=O) groups is 3.